The number of carbonyl (C=O) groups is 2. The Balaban J connectivity index is 0.00000198. The van der Waals surface area contributed by atoms with Gasteiger partial charge in [0.05, 0.1) is 5.56 Å². The SMILES string of the molecule is CC.Cc1c(C)n(Cc2ccc(-c3ccccc3C(=O)O)cc2)c2ccc(C(=O)NCc3cccc(C(C)C)c3)cc12. The monoisotopic (exact) mass is 560 g/mol. The summed E-state index contributed by atoms with van der Waals surface area (Å²) in [6, 6.07) is 29.4. The van der Waals surface area contributed by atoms with Crippen molar-refractivity contribution >= 4 is 22.8 Å². The van der Waals surface area contributed by atoms with Crippen LogP contribution >= 0.6 is 0 Å². The number of hydrogen-bond acceptors (Lipinski definition) is 2. The van der Waals surface area contributed by atoms with Crippen molar-refractivity contribution in [3.8, 4) is 11.1 Å². The molecule has 1 aromatic heterocycles. The molecule has 1 amide bonds. The lowest BCUT2D eigenvalue weighted by Gasteiger charge is -2.11. The molecule has 42 heavy (non-hydrogen) atoms. The van der Waals surface area contributed by atoms with Crippen LogP contribution in [-0.2, 0) is 13.1 Å². The van der Waals surface area contributed by atoms with E-state index in [0.717, 1.165) is 38.9 Å². The maximum Gasteiger partial charge on any atom is 0.336 e. The lowest BCUT2D eigenvalue weighted by atomic mass is 9.99. The van der Waals surface area contributed by atoms with Crippen LogP contribution in [0.1, 0.15) is 82.3 Å². The molecule has 0 spiro atoms. The van der Waals surface area contributed by atoms with Gasteiger partial charge >= 0.3 is 5.97 Å². The van der Waals surface area contributed by atoms with E-state index in [-0.39, 0.29) is 5.91 Å². The topological polar surface area (TPSA) is 71.3 Å². The van der Waals surface area contributed by atoms with E-state index in [1.54, 1.807) is 12.1 Å². The van der Waals surface area contributed by atoms with Gasteiger partial charge in [-0.15, -0.1) is 0 Å². The number of carbonyl (C=O) groups excluding carboxylic acids is 1. The molecule has 0 unspecified atom stereocenters. The van der Waals surface area contributed by atoms with E-state index < -0.39 is 5.97 Å². The maximum absolute atomic E-state index is 13.0. The van der Waals surface area contributed by atoms with Crippen molar-refractivity contribution < 1.29 is 14.7 Å². The predicted molar refractivity (Wildman–Crippen MR) is 172 cm³/mol. The minimum Gasteiger partial charge on any atom is -0.478 e. The van der Waals surface area contributed by atoms with E-state index in [9.17, 15) is 14.7 Å². The Hall–Kier alpha value is -4.64. The number of aromatic carboxylic acids is 1. The van der Waals surface area contributed by atoms with Crippen LogP contribution in [0.25, 0.3) is 22.0 Å². The molecular weight excluding hydrogens is 520 g/mol. The number of aromatic nitrogens is 1. The van der Waals surface area contributed by atoms with Crippen LogP contribution in [0, 0.1) is 13.8 Å². The van der Waals surface area contributed by atoms with E-state index >= 15 is 0 Å². The van der Waals surface area contributed by atoms with Crippen molar-refractivity contribution in [3.63, 3.8) is 0 Å². The third-order valence-corrected chi connectivity index (χ3v) is 7.74. The van der Waals surface area contributed by atoms with Crippen LogP contribution < -0.4 is 5.32 Å². The van der Waals surface area contributed by atoms with Gasteiger partial charge in [0.15, 0.2) is 0 Å². The molecule has 5 aromatic rings. The van der Waals surface area contributed by atoms with Gasteiger partial charge in [0.2, 0.25) is 0 Å². The summed E-state index contributed by atoms with van der Waals surface area (Å²) < 4.78 is 2.27. The van der Waals surface area contributed by atoms with Crippen LogP contribution in [0.2, 0.25) is 0 Å². The summed E-state index contributed by atoms with van der Waals surface area (Å²) >= 11 is 0. The summed E-state index contributed by atoms with van der Waals surface area (Å²) in [6.07, 6.45) is 0. The van der Waals surface area contributed by atoms with Gasteiger partial charge in [-0.3, -0.25) is 4.79 Å². The number of benzene rings is 4. The fraction of sp³-hybridized carbons (Fsp3) is 0.243. The quantitative estimate of drug-likeness (QED) is 0.199. The van der Waals surface area contributed by atoms with Gasteiger partial charge in [-0.2, -0.15) is 0 Å². The predicted octanol–water partition coefficient (Wildman–Crippen LogP) is 8.75. The van der Waals surface area contributed by atoms with Crippen molar-refractivity contribution in [1.82, 2.24) is 9.88 Å². The molecular formula is C37H40N2O3. The molecule has 0 aliphatic carbocycles. The van der Waals surface area contributed by atoms with Gasteiger partial charge in [-0.25, -0.2) is 4.79 Å². The van der Waals surface area contributed by atoms with E-state index in [1.165, 1.54) is 5.56 Å². The molecule has 216 valence electrons. The van der Waals surface area contributed by atoms with Crippen LogP contribution in [0.5, 0.6) is 0 Å². The van der Waals surface area contributed by atoms with Crippen molar-refractivity contribution in [3.05, 3.63) is 130 Å². The maximum atomic E-state index is 13.0. The third kappa shape index (κ3) is 6.46. The first-order chi connectivity index (χ1) is 20.2. The van der Waals surface area contributed by atoms with Gasteiger partial charge in [0, 0.05) is 35.2 Å². The Bertz CT molecular complexity index is 1710. The van der Waals surface area contributed by atoms with E-state index in [4.69, 9.17) is 0 Å². The first-order valence-electron chi connectivity index (χ1n) is 14.6. The van der Waals surface area contributed by atoms with Crippen molar-refractivity contribution in [2.24, 2.45) is 0 Å². The van der Waals surface area contributed by atoms with E-state index in [1.807, 2.05) is 80.6 Å². The van der Waals surface area contributed by atoms with Gasteiger partial charge in [-0.05, 0) is 77.4 Å². The van der Waals surface area contributed by atoms with Crippen molar-refractivity contribution in [2.75, 3.05) is 0 Å². The number of carboxylic acid groups (broad SMARTS) is 1. The molecule has 0 fully saturated rings. The fourth-order valence-electron chi connectivity index (χ4n) is 5.24. The number of amides is 1. The number of carboxylic acids is 1. The standard InChI is InChI=1S/C35H34N2O3.C2H6/c1-22(2)28-9-7-8-26(18-28)20-36-34(38)29-16-17-33-32(19-29)23(3)24(4)37(33)21-25-12-14-27(15-13-25)30-10-5-6-11-31(30)35(39)40;1-2/h5-19,22H,20-21H2,1-4H3,(H,36,38)(H,39,40);1-2H3. The fourth-order valence-corrected chi connectivity index (χ4v) is 5.24. The summed E-state index contributed by atoms with van der Waals surface area (Å²) in [6.45, 7) is 13.7. The van der Waals surface area contributed by atoms with Crippen molar-refractivity contribution in [1.29, 1.82) is 0 Å². The van der Waals surface area contributed by atoms with Crippen LogP contribution in [-0.4, -0.2) is 21.6 Å². The Morgan fingerprint density at radius 3 is 2.24 bits per heavy atom. The third-order valence-electron chi connectivity index (χ3n) is 7.74. The average molecular weight is 561 g/mol. The van der Waals surface area contributed by atoms with Crippen LogP contribution in [0.3, 0.4) is 0 Å². The van der Waals surface area contributed by atoms with Gasteiger partial charge in [0.25, 0.3) is 5.91 Å². The summed E-state index contributed by atoms with van der Waals surface area (Å²) in [4.78, 5) is 24.7. The molecule has 0 bridgehead atoms. The highest BCUT2D eigenvalue weighted by molar-refractivity contribution is 5.99. The lowest BCUT2D eigenvalue weighted by molar-refractivity contribution is 0.0697. The van der Waals surface area contributed by atoms with E-state index in [0.29, 0.717) is 35.7 Å². The summed E-state index contributed by atoms with van der Waals surface area (Å²) in [5.41, 5.74) is 9.38. The normalized spacial score (nSPS) is 10.8. The van der Waals surface area contributed by atoms with E-state index in [2.05, 4.69) is 49.7 Å². The molecule has 5 heteroatoms. The minimum atomic E-state index is -0.932. The van der Waals surface area contributed by atoms with Crippen LogP contribution in [0.4, 0.5) is 0 Å². The number of rotatable bonds is 8. The number of nitrogens with zero attached hydrogens (tertiary/aromatic N) is 1. The highest BCUT2D eigenvalue weighted by Crippen LogP contribution is 2.29. The van der Waals surface area contributed by atoms with Crippen LogP contribution in [0.15, 0.2) is 91.0 Å². The Labute approximate surface area is 248 Å². The Morgan fingerprint density at radius 1 is 0.833 bits per heavy atom. The number of nitrogens with one attached hydrogen (secondary N) is 1. The average Bonchev–Trinajstić information content (AvgIpc) is 3.25. The first-order valence-corrected chi connectivity index (χ1v) is 14.6. The lowest BCUT2D eigenvalue weighted by Crippen LogP contribution is -2.22. The zero-order valence-electron chi connectivity index (χ0n) is 25.4. The zero-order valence-corrected chi connectivity index (χ0v) is 25.4. The molecule has 4 aromatic carbocycles. The number of aryl methyl sites for hydroxylation is 1. The molecule has 0 saturated carbocycles. The molecule has 1 heterocycles. The Kier molecular flexibility index (Phi) is 9.64. The second-order valence-electron chi connectivity index (χ2n) is 10.7. The number of fused-ring (bicyclic) bond motifs is 1. The Morgan fingerprint density at radius 2 is 1.55 bits per heavy atom. The molecule has 0 radical (unpaired) electrons. The van der Waals surface area contributed by atoms with Gasteiger partial charge < -0.3 is 15.0 Å². The summed E-state index contributed by atoms with van der Waals surface area (Å²) in [7, 11) is 0. The highest BCUT2D eigenvalue weighted by atomic mass is 16.4. The van der Waals surface area contributed by atoms with Gasteiger partial charge in [0.1, 0.15) is 0 Å². The first kappa shape index (κ1) is 30.3. The minimum absolute atomic E-state index is 0.0844. The summed E-state index contributed by atoms with van der Waals surface area (Å²) in [5, 5.41) is 13.7. The largest absolute Gasteiger partial charge is 0.478 e. The second kappa shape index (κ2) is 13.3. The molecule has 5 nitrogen and oxygen atoms in total. The molecule has 0 atom stereocenters. The molecule has 0 aliphatic heterocycles. The molecule has 0 saturated heterocycles. The summed E-state index contributed by atoms with van der Waals surface area (Å²) in [5.74, 6) is -0.572. The van der Waals surface area contributed by atoms with Crippen molar-refractivity contribution in [2.45, 2.75) is 60.5 Å². The second-order valence-corrected chi connectivity index (χ2v) is 10.7. The zero-order chi connectivity index (χ0) is 30.4. The molecule has 0 aliphatic rings. The molecule has 5 rings (SSSR count). The number of hydrogen-bond donors (Lipinski definition) is 2. The van der Waals surface area contributed by atoms with Gasteiger partial charge in [-0.1, -0.05) is 94.4 Å². The highest BCUT2D eigenvalue weighted by Gasteiger charge is 2.15. The molecule has 2 N–H and O–H groups in total. The smallest absolute Gasteiger partial charge is 0.336 e.